The molecule has 1 aromatic carbocycles. The van der Waals surface area contributed by atoms with Crippen LogP contribution in [0.3, 0.4) is 0 Å². The van der Waals surface area contributed by atoms with Crippen LogP contribution in [0.25, 0.3) is 11.3 Å². The number of nitrogens with two attached hydrogens (primary N) is 1. The number of halogens is 1. The van der Waals surface area contributed by atoms with Gasteiger partial charge in [-0.3, -0.25) is 4.98 Å². The number of hydrogen-bond donors (Lipinski definition) is 1. The smallest absolute Gasteiger partial charge is 0.167 e. The monoisotopic (exact) mass is 232 g/mol. The first-order valence-electron chi connectivity index (χ1n) is 5.18. The van der Waals surface area contributed by atoms with E-state index in [1.807, 2.05) is 0 Å². The maximum absolute atomic E-state index is 13.5. The van der Waals surface area contributed by atoms with E-state index in [1.165, 1.54) is 13.2 Å². The first-order chi connectivity index (χ1) is 8.13. The minimum atomic E-state index is -0.270. The Morgan fingerprint density at radius 3 is 2.71 bits per heavy atom. The summed E-state index contributed by atoms with van der Waals surface area (Å²) in [6.45, 7) is 1.71. The Balaban J connectivity index is 2.60. The third-order valence-electron chi connectivity index (χ3n) is 2.58. The van der Waals surface area contributed by atoms with Gasteiger partial charge in [-0.25, -0.2) is 4.39 Å². The van der Waals surface area contributed by atoms with Gasteiger partial charge in [0.05, 0.1) is 12.8 Å². The molecule has 88 valence electrons. The lowest BCUT2D eigenvalue weighted by atomic mass is 10.1. The number of methoxy groups -OCH3 is 1. The van der Waals surface area contributed by atoms with Crippen molar-refractivity contribution in [3.05, 3.63) is 41.8 Å². The Morgan fingerprint density at radius 2 is 2.06 bits per heavy atom. The molecule has 2 aromatic rings. The Kier molecular flexibility index (Phi) is 2.95. The molecule has 0 saturated carbocycles. The summed E-state index contributed by atoms with van der Waals surface area (Å²) in [5.74, 6) is 0.199. The van der Waals surface area contributed by atoms with Crippen LogP contribution >= 0.6 is 0 Å². The highest BCUT2D eigenvalue weighted by Crippen LogP contribution is 2.33. The molecule has 1 heterocycles. The van der Waals surface area contributed by atoms with Crippen molar-refractivity contribution in [2.24, 2.45) is 0 Å². The van der Waals surface area contributed by atoms with E-state index in [9.17, 15) is 4.39 Å². The first-order valence-corrected chi connectivity index (χ1v) is 5.18. The van der Waals surface area contributed by atoms with E-state index in [0.29, 0.717) is 28.3 Å². The maximum Gasteiger partial charge on any atom is 0.167 e. The number of rotatable bonds is 2. The van der Waals surface area contributed by atoms with Crippen LogP contribution < -0.4 is 10.5 Å². The molecule has 17 heavy (non-hydrogen) atoms. The second-order valence-electron chi connectivity index (χ2n) is 3.75. The van der Waals surface area contributed by atoms with Crippen LogP contribution in [-0.4, -0.2) is 12.1 Å². The molecule has 0 spiro atoms. The zero-order chi connectivity index (χ0) is 12.4. The van der Waals surface area contributed by atoms with Crippen LogP contribution in [0.15, 0.2) is 30.5 Å². The summed E-state index contributed by atoms with van der Waals surface area (Å²) in [7, 11) is 1.52. The quantitative estimate of drug-likeness (QED) is 0.866. The number of benzene rings is 1. The van der Waals surface area contributed by atoms with Crippen LogP contribution in [0.2, 0.25) is 0 Å². The Hall–Kier alpha value is -2.10. The lowest BCUT2D eigenvalue weighted by Crippen LogP contribution is -1.97. The van der Waals surface area contributed by atoms with Crippen molar-refractivity contribution in [3.63, 3.8) is 0 Å². The lowest BCUT2D eigenvalue weighted by molar-refractivity contribution is 0.417. The summed E-state index contributed by atoms with van der Waals surface area (Å²) in [5.41, 5.74) is 8.06. The summed E-state index contributed by atoms with van der Waals surface area (Å²) in [5, 5.41) is 0. The molecular formula is C13H13FN2O. The van der Waals surface area contributed by atoms with E-state index >= 15 is 0 Å². The molecule has 2 rings (SSSR count). The average Bonchev–Trinajstić information content (AvgIpc) is 2.32. The number of nitrogens with zero attached hydrogens (tertiary/aromatic N) is 1. The normalized spacial score (nSPS) is 10.3. The molecule has 0 fully saturated rings. The zero-order valence-corrected chi connectivity index (χ0v) is 9.70. The molecule has 0 aliphatic rings. The Morgan fingerprint density at radius 1 is 1.29 bits per heavy atom. The summed E-state index contributed by atoms with van der Waals surface area (Å²) < 4.78 is 18.7. The van der Waals surface area contributed by atoms with Crippen molar-refractivity contribution in [1.82, 2.24) is 4.98 Å². The lowest BCUT2D eigenvalue weighted by Gasteiger charge is -2.10. The van der Waals surface area contributed by atoms with Gasteiger partial charge in [0.1, 0.15) is 11.5 Å². The van der Waals surface area contributed by atoms with Gasteiger partial charge in [-0.2, -0.15) is 0 Å². The molecular weight excluding hydrogens is 219 g/mol. The fourth-order valence-corrected chi connectivity index (χ4v) is 1.62. The molecule has 2 N–H and O–H groups in total. The summed E-state index contributed by atoms with van der Waals surface area (Å²) in [6.07, 6.45) is 1.57. The molecule has 0 saturated heterocycles. The minimum absolute atomic E-state index is 0.270. The third kappa shape index (κ3) is 2.06. The minimum Gasteiger partial charge on any atom is -0.492 e. The number of nitrogen functional groups attached to an aromatic ring is 1. The molecule has 0 radical (unpaired) electrons. The number of ether oxygens (including phenoxy) is 1. The molecule has 0 aliphatic carbocycles. The Labute approximate surface area is 99.1 Å². The van der Waals surface area contributed by atoms with Gasteiger partial charge in [-0.1, -0.05) is 12.1 Å². The molecule has 0 atom stereocenters. The van der Waals surface area contributed by atoms with Gasteiger partial charge in [0.25, 0.3) is 0 Å². The fraction of sp³-hybridized carbons (Fsp3) is 0.154. The summed E-state index contributed by atoms with van der Waals surface area (Å²) >= 11 is 0. The number of hydrogen-bond acceptors (Lipinski definition) is 3. The predicted molar refractivity (Wildman–Crippen MR) is 65.3 cm³/mol. The van der Waals surface area contributed by atoms with Crippen molar-refractivity contribution in [3.8, 4) is 17.0 Å². The molecule has 0 unspecified atom stereocenters. The molecule has 0 bridgehead atoms. The van der Waals surface area contributed by atoms with Gasteiger partial charge in [0.2, 0.25) is 0 Å². The molecule has 0 aliphatic heterocycles. The van der Waals surface area contributed by atoms with Crippen LogP contribution in [0.4, 0.5) is 10.1 Å². The van der Waals surface area contributed by atoms with Crippen LogP contribution in [0.5, 0.6) is 5.75 Å². The first kappa shape index (κ1) is 11.4. The number of aryl methyl sites for hydroxylation is 1. The second kappa shape index (κ2) is 4.41. The third-order valence-corrected chi connectivity index (χ3v) is 2.58. The van der Waals surface area contributed by atoms with Crippen molar-refractivity contribution in [1.29, 1.82) is 0 Å². The second-order valence-corrected chi connectivity index (χ2v) is 3.75. The van der Waals surface area contributed by atoms with Crippen molar-refractivity contribution < 1.29 is 9.13 Å². The average molecular weight is 232 g/mol. The summed E-state index contributed by atoms with van der Waals surface area (Å²) in [4.78, 5) is 4.18. The van der Waals surface area contributed by atoms with E-state index in [1.54, 1.807) is 31.3 Å². The molecule has 1 aromatic heterocycles. The molecule has 0 amide bonds. The van der Waals surface area contributed by atoms with Gasteiger partial charge in [-0.05, 0) is 24.6 Å². The zero-order valence-electron chi connectivity index (χ0n) is 9.70. The van der Waals surface area contributed by atoms with Crippen LogP contribution in [-0.2, 0) is 0 Å². The van der Waals surface area contributed by atoms with E-state index in [4.69, 9.17) is 10.5 Å². The maximum atomic E-state index is 13.5. The van der Waals surface area contributed by atoms with Gasteiger partial charge in [0.15, 0.2) is 5.75 Å². The van der Waals surface area contributed by atoms with Gasteiger partial charge in [0, 0.05) is 11.8 Å². The highest BCUT2D eigenvalue weighted by Gasteiger charge is 2.11. The number of pyridine rings is 1. The highest BCUT2D eigenvalue weighted by molar-refractivity contribution is 5.73. The SMILES string of the molecule is COc1c(N)ccnc1-c1ccc(C)c(F)c1. The van der Waals surface area contributed by atoms with Crippen molar-refractivity contribution in [2.75, 3.05) is 12.8 Å². The topological polar surface area (TPSA) is 48.1 Å². The van der Waals surface area contributed by atoms with E-state index in [0.717, 1.165) is 0 Å². The van der Waals surface area contributed by atoms with E-state index < -0.39 is 0 Å². The van der Waals surface area contributed by atoms with Crippen molar-refractivity contribution in [2.45, 2.75) is 6.92 Å². The fourth-order valence-electron chi connectivity index (χ4n) is 1.62. The standard InChI is InChI=1S/C13H13FN2O/c1-8-3-4-9(7-10(8)14)12-13(17-2)11(15)5-6-16-12/h3-7H,1-2H3,(H2,15,16). The molecule has 3 nitrogen and oxygen atoms in total. The molecule has 4 heteroatoms. The number of anilines is 1. The predicted octanol–water partition coefficient (Wildman–Crippen LogP) is 2.79. The van der Waals surface area contributed by atoms with E-state index in [-0.39, 0.29) is 5.82 Å². The number of aromatic nitrogens is 1. The summed E-state index contributed by atoms with van der Waals surface area (Å²) in [6, 6.07) is 6.57. The van der Waals surface area contributed by atoms with Gasteiger partial charge >= 0.3 is 0 Å². The van der Waals surface area contributed by atoms with Gasteiger partial charge < -0.3 is 10.5 Å². The van der Waals surface area contributed by atoms with E-state index in [2.05, 4.69) is 4.98 Å². The highest BCUT2D eigenvalue weighted by atomic mass is 19.1. The largest absolute Gasteiger partial charge is 0.492 e. The van der Waals surface area contributed by atoms with Gasteiger partial charge in [-0.15, -0.1) is 0 Å². The van der Waals surface area contributed by atoms with Crippen molar-refractivity contribution >= 4 is 5.69 Å². The van der Waals surface area contributed by atoms with Crippen LogP contribution in [0.1, 0.15) is 5.56 Å². The Bertz CT molecular complexity index is 555. The van der Waals surface area contributed by atoms with Crippen LogP contribution in [0, 0.1) is 12.7 Å².